The number of carbonyl (C=O) groups excluding carboxylic acids is 2. The molecule has 0 radical (unpaired) electrons. The van der Waals surface area contributed by atoms with E-state index < -0.39 is 30.6 Å². The quantitative estimate of drug-likeness (QED) is 0.610. The molecule has 0 saturated carbocycles. The molecule has 0 bridgehead atoms. The van der Waals surface area contributed by atoms with Gasteiger partial charge in [-0.25, -0.2) is 4.79 Å². The van der Waals surface area contributed by atoms with Crippen LogP contribution < -0.4 is 10.6 Å². The van der Waals surface area contributed by atoms with Gasteiger partial charge in [-0.05, 0) is 36.3 Å². The number of nitrogens with one attached hydrogen (secondary N) is 2. The first-order valence-corrected chi connectivity index (χ1v) is 9.62. The number of nitrogens with zero attached hydrogens (tertiary/aromatic N) is 1. The average Bonchev–Trinajstić information content (AvgIpc) is 3.03. The topological polar surface area (TPSA) is 108 Å². The summed E-state index contributed by atoms with van der Waals surface area (Å²) < 4.78 is 5.46. The van der Waals surface area contributed by atoms with E-state index in [1.807, 2.05) is 48.5 Å². The first-order valence-electron chi connectivity index (χ1n) is 9.62. The van der Waals surface area contributed by atoms with Crippen molar-refractivity contribution in [2.45, 2.75) is 12.0 Å². The Bertz CT molecular complexity index is 898. The number of aliphatic carboxylic acids is 1. The zero-order valence-corrected chi connectivity index (χ0v) is 16.9. The molecular formula is C22H25N3O5. The number of ether oxygens (including phenoxy) is 1. The summed E-state index contributed by atoms with van der Waals surface area (Å²) >= 11 is 0. The maximum absolute atomic E-state index is 12.4. The lowest BCUT2D eigenvalue weighted by molar-refractivity contribution is -0.138. The van der Waals surface area contributed by atoms with Crippen LogP contribution in [0, 0.1) is 0 Å². The predicted octanol–water partition coefficient (Wildman–Crippen LogP) is 1.66. The van der Waals surface area contributed by atoms with E-state index >= 15 is 0 Å². The third-order valence-electron chi connectivity index (χ3n) is 4.91. The number of amides is 2. The summed E-state index contributed by atoms with van der Waals surface area (Å²) in [6.07, 6.45) is -0.728. The Hall–Kier alpha value is -3.39. The second kappa shape index (κ2) is 9.41. The van der Waals surface area contributed by atoms with Crippen molar-refractivity contribution in [3.8, 4) is 11.1 Å². The second-order valence-corrected chi connectivity index (χ2v) is 7.40. The van der Waals surface area contributed by atoms with E-state index in [0.717, 1.165) is 22.3 Å². The van der Waals surface area contributed by atoms with Crippen molar-refractivity contribution in [3.05, 3.63) is 59.7 Å². The minimum Gasteiger partial charge on any atom is -0.480 e. The third kappa shape index (κ3) is 4.96. The van der Waals surface area contributed by atoms with Crippen LogP contribution in [-0.2, 0) is 14.3 Å². The molecule has 8 heteroatoms. The molecule has 1 aliphatic rings. The first kappa shape index (κ1) is 21.3. The number of hydrogen-bond acceptors (Lipinski definition) is 5. The van der Waals surface area contributed by atoms with Gasteiger partial charge in [0.2, 0.25) is 5.91 Å². The summed E-state index contributed by atoms with van der Waals surface area (Å²) in [5, 5.41) is 13.6. The largest absolute Gasteiger partial charge is 0.480 e. The van der Waals surface area contributed by atoms with E-state index in [9.17, 15) is 14.4 Å². The molecule has 0 fully saturated rings. The minimum absolute atomic E-state index is 0.0868. The molecule has 3 rings (SSSR count). The van der Waals surface area contributed by atoms with Crippen LogP contribution in [0.1, 0.15) is 17.0 Å². The molecule has 2 aromatic carbocycles. The van der Waals surface area contributed by atoms with Crippen molar-refractivity contribution in [2.24, 2.45) is 0 Å². The van der Waals surface area contributed by atoms with Crippen LogP contribution >= 0.6 is 0 Å². The molecule has 0 aromatic heterocycles. The highest BCUT2D eigenvalue weighted by molar-refractivity contribution is 5.88. The molecule has 1 aliphatic carbocycles. The normalized spacial score (nSPS) is 13.3. The fourth-order valence-electron chi connectivity index (χ4n) is 3.63. The van der Waals surface area contributed by atoms with E-state index in [-0.39, 0.29) is 19.1 Å². The lowest BCUT2D eigenvalue weighted by Crippen LogP contribution is -2.52. The Kier molecular flexibility index (Phi) is 6.68. The minimum atomic E-state index is -1.16. The summed E-state index contributed by atoms with van der Waals surface area (Å²) in [6.45, 7) is -0.184. The number of rotatable bonds is 8. The van der Waals surface area contributed by atoms with Crippen LogP contribution in [-0.4, -0.2) is 67.8 Å². The molecule has 0 spiro atoms. The van der Waals surface area contributed by atoms with Crippen LogP contribution in [0.5, 0.6) is 0 Å². The van der Waals surface area contributed by atoms with Gasteiger partial charge in [0, 0.05) is 12.5 Å². The van der Waals surface area contributed by atoms with Crippen molar-refractivity contribution in [1.82, 2.24) is 15.5 Å². The van der Waals surface area contributed by atoms with Crippen molar-refractivity contribution in [3.63, 3.8) is 0 Å². The van der Waals surface area contributed by atoms with E-state index in [4.69, 9.17) is 9.84 Å². The van der Waals surface area contributed by atoms with Gasteiger partial charge in [-0.15, -0.1) is 0 Å². The van der Waals surface area contributed by atoms with Gasteiger partial charge in [-0.2, -0.15) is 0 Å². The van der Waals surface area contributed by atoms with Crippen LogP contribution in [0.2, 0.25) is 0 Å². The zero-order chi connectivity index (χ0) is 21.7. The number of benzene rings is 2. The molecule has 0 unspecified atom stereocenters. The van der Waals surface area contributed by atoms with Gasteiger partial charge in [-0.3, -0.25) is 9.59 Å². The molecule has 0 heterocycles. The molecule has 158 valence electrons. The predicted molar refractivity (Wildman–Crippen MR) is 111 cm³/mol. The summed E-state index contributed by atoms with van der Waals surface area (Å²) in [4.78, 5) is 37.0. The Labute approximate surface area is 174 Å². The van der Waals surface area contributed by atoms with Crippen LogP contribution in [0.4, 0.5) is 4.79 Å². The van der Waals surface area contributed by atoms with Crippen LogP contribution in [0.3, 0.4) is 0 Å². The van der Waals surface area contributed by atoms with E-state index in [0.29, 0.717) is 0 Å². The van der Waals surface area contributed by atoms with Gasteiger partial charge in [0.1, 0.15) is 19.2 Å². The average molecular weight is 411 g/mol. The Balaban J connectivity index is 1.65. The molecule has 8 nitrogen and oxygen atoms in total. The van der Waals surface area contributed by atoms with Crippen molar-refractivity contribution < 1.29 is 24.2 Å². The third-order valence-corrected chi connectivity index (χ3v) is 4.91. The Morgan fingerprint density at radius 1 is 1.03 bits per heavy atom. The Morgan fingerprint density at radius 3 is 2.13 bits per heavy atom. The molecule has 1 atom stereocenters. The van der Waals surface area contributed by atoms with Crippen molar-refractivity contribution >= 4 is 18.0 Å². The molecule has 0 saturated heterocycles. The highest BCUT2D eigenvalue weighted by Crippen LogP contribution is 2.44. The SMILES string of the molecule is CN(C)C[C@H](NC(=O)OCC1c2ccccc2-c2ccccc21)C(=O)NCC(=O)O. The van der Waals surface area contributed by atoms with Gasteiger partial charge in [0.25, 0.3) is 0 Å². The maximum Gasteiger partial charge on any atom is 0.407 e. The number of hydrogen-bond donors (Lipinski definition) is 3. The van der Waals surface area contributed by atoms with Gasteiger partial charge in [-0.1, -0.05) is 48.5 Å². The van der Waals surface area contributed by atoms with Crippen LogP contribution in [0.25, 0.3) is 11.1 Å². The number of likely N-dealkylation sites (N-methyl/N-ethyl adjacent to an activating group) is 1. The molecular weight excluding hydrogens is 386 g/mol. The summed E-state index contributed by atoms with van der Waals surface area (Å²) in [5.74, 6) is -1.83. The van der Waals surface area contributed by atoms with Gasteiger partial charge < -0.3 is 25.4 Å². The Morgan fingerprint density at radius 2 is 1.60 bits per heavy atom. The smallest absolute Gasteiger partial charge is 0.407 e. The molecule has 3 N–H and O–H groups in total. The van der Waals surface area contributed by atoms with E-state index in [1.54, 1.807) is 19.0 Å². The van der Waals surface area contributed by atoms with Gasteiger partial charge in [0.05, 0.1) is 0 Å². The monoisotopic (exact) mass is 411 g/mol. The maximum atomic E-state index is 12.4. The highest BCUT2D eigenvalue weighted by atomic mass is 16.5. The summed E-state index contributed by atoms with van der Waals surface area (Å²) in [5.41, 5.74) is 4.44. The first-order chi connectivity index (χ1) is 14.4. The summed E-state index contributed by atoms with van der Waals surface area (Å²) in [6, 6.07) is 15.1. The van der Waals surface area contributed by atoms with E-state index in [1.165, 1.54) is 0 Å². The van der Waals surface area contributed by atoms with Crippen molar-refractivity contribution in [2.75, 3.05) is 33.8 Å². The van der Waals surface area contributed by atoms with Crippen LogP contribution in [0.15, 0.2) is 48.5 Å². The molecule has 2 amide bonds. The number of carboxylic acid groups (broad SMARTS) is 1. The fraction of sp³-hybridized carbons (Fsp3) is 0.318. The fourth-order valence-corrected chi connectivity index (χ4v) is 3.63. The number of fused-ring (bicyclic) bond motifs is 3. The number of carboxylic acids is 1. The molecule has 2 aromatic rings. The van der Waals surface area contributed by atoms with E-state index in [2.05, 4.69) is 10.6 Å². The number of carbonyl (C=O) groups is 3. The lowest BCUT2D eigenvalue weighted by atomic mass is 9.98. The van der Waals surface area contributed by atoms with Gasteiger partial charge in [0.15, 0.2) is 0 Å². The molecule has 30 heavy (non-hydrogen) atoms. The number of alkyl carbamates (subject to hydrolysis) is 1. The highest BCUT2D eigenvalue weighted by Gasteiger charge is 2.30. The molecule has 0 aliphatic heterocycles. The lowest BCUT2D eigenvalue weighted by Gasteiger charge is -2.22. The van der Waals surface area contributed by atoms with Gasteiger partial charge >= 0.3 is 12.1 Å². The van der Waals surface area contributed by atoms with Crippen molar-refractivity contribution in [1.29, 1.82) is 0 Å². The second-order valence-electron chi connectivity index (χ2n) is 7.40. The zero-order valence-electron chi connectivity index (χ0n) is 16.9. The summed E-state index contributed by atoms with van der Waals surface area (Å²) in [7, 11) is 3.49. The standard InChI is InChI=1S/C22H25N3O5/c1-25(2)12-19(21(28)23-11-20(26)27)24-22(29)30-13-18-16-9-5-3-7-14(16)15-8-4-6-10-17(15)18/h3-10,18-19H,11-13H2,1-2H3,(H,23,28)(H,24,29)(H,26,27)/t19-/m0/s1.